The molecular weight excluding hydrogens is 246 g/mol. The van der Waals surface area contributed by atoms with E-state index in [2.05, 4.69) is 63.8 Å². The second kappa shape index (κ2) is 7.80. The third-order valence-corrected chi connectivity index (χ3v) is 4.79. The Balaban J connectivity index is 2.93. The molecule has 0 aliphatic heterocycles. The molecule has 114 valence electrons. The molecule has 20 heavy (non-hydrogen) atoms. The molecule has 0 aliphatic rings. The third kappa shape index (κ3) is 3.62. The summed E-state index contributed by atoms with van der Waals surface area (Å²) in [5, 5.41) is 10.9. The number of likely N-dealkylation sites (N-methyl/N-ethyl adjacent to an activating group) is 1. The molecule has 0 radical (unpaired) electrons. The average Bonchev–Trinajstić information content (AvgIpc) is 2.47. The van der Waals surface area contributed by atoms with Gasteiger partial charge in [0.25, 0.3) is 0 Å². The number of benzene rings is 1. The molecular formula is C18H31NO. The summed E-state index contributed by atoms with van der Waals surface area (Å²) in [6.45, 7) is 12.8. The fourth-order valence-corrected chi connectivity index (χ4v) is 3.37. The molecule has 0 aromatic heterocycles. The molecule has 1 aromatic rings. The fourth-order valence-electron chi connectivity index (χ4n) is 3.37. The molecule has 2 heteroatoms. The Labute approximate surface area is 124 Å². The van der Waals surface area contributed by atoms with Crippen molar-refractivity contribution in [3.05, 3.63) is 35.4 Å². The van der Waals surface area contributed by atoms with E-state index in [4.69, 9.17) is 0 Å². The molecule has 1 unspecified atom stereocenters. The van der Waals surface area contributed by atoms with Gasteiger partial charge in [0.15, 0.2) is 0 Å². The smallest absolute Gasteiger partial charge is 0.0763 e. The van der Waals surface area contributed by atoms with Gasteiger partial charge in [-0.1, -0.05) is 57.5 Å². The second-order valence-electron chi connectivity index (χ2n) is 5.69. The lowest BCUT2D eigenvalue weighted by Crippen LogP contribution is -2.56. The van der Waals surface area contributed by atoms with Crippen LogP contribution in [0.3, 0.4) is 0 Å². The number of aliphatic hydroxyl groups excluding tert-OH is 1. The van der Waals surface area contributed by atoms with E-state index in [1.165, 1.54) is 11.1 Å². The van der Waals surface area contributed by atoms with Crippen molar-refractivity contribution < 1.29 is 5.11 Å². The van der Waals surface area contributed by atoms with E-state index in [-0.39, 0.29) is 11.6 Å². The zero-order valence-corrected chi connectivity index (χ0v) is 13.8. The molecule has 0 bridgehead atoms. The molecule has 0 spiro atoms. The highest BCUT2D eigenvalue weighted by Gasteiger charge is 2.38. The van der Waals surface area contributed by atoms with E-state index in [0.29, 0.717) is 0 Å². The van der Waals surface area contributed by atoms with Crippen LogP contribution >= 0.6 is 0 Å². The molecule has 1 atom stereocenters. The average molecular weight is 277 g/mol. The molecule has 0 heterocycles. The molecule has 2 nitrogen and oxygen atoms in total. The van der Waals surface area contributed by atoms with Crippen molar-refractivity contribution in [2.24, 2.45) is 0 Å². The van der Waals surface area contributed by atoms with Crippen molar-refractivity contribution in [1.29, 1.82) is 0 Å². The van der Waals surface area contributed by atoms with Crippen molar-refractivity contribution in [2.45, 2.75) is 65.5 Å². The van der Waals surface area contributed by atoms with Crippen LogP contribution in [-0.2, 0) is 6.42 Å². The van der Waals surface area contributed by atoms with Crippen LogP contribution in [0.2, 0.25) is 0 Å². The van der Waals surface area contributed by atoms with Crippen LogP contribution in [0.15, 0.2) is 24.3 Å². The van der Waals surface area contributed by atoms with Crippen molar-refractivity contribution in [3.8, 4) is 0 Å². The first kappa shape index (κ1) is 17.2. The van der Waals surface area contributed by atoms with Crippen LogP contribution in [0.4, 0.5) is 0 Å². The first-order valence-electron chi connectivity index (χ1n) is 8.02. The van der Waals surface area contributed by atoms with E-state index in [1.807, 2.05) is 0 Å². The van der Waals surface area contributed by atoms with Crippen molar-refractivity contribution in [2.75, 3.05) is 13.1 Å². The Morgan fingerprint density at radius 1 is 1.00 bits per heavy atom. The third-order valence-electron chi connectivity index (χ3n) is 4.79. The van der Waals surface area contributed by atoms with Crippen molar-refractivity contribution in [3.63, 3.8) is 0 Å². The maximum Gasteiger partial charge on any atom is 0.0763 e. The van der Waals surface area contributed by atoms with Gasteiger partial charge in [0.1, 0.15) is 0 Å². The van der Waals surface area contributed by atoms with Crippen molar-refractivity contribution >= 4 is 0 Å². The molecule has 1 aromatic carbocycles. The van der Waals surface area contributed by atoms with Gasteiger partial charge in [-0.25, -0.2) is 0 Å². The number of hydrogen-bond donors (Lipinski definition) is 1. The quantitative estimate of drug-likeness (QED) is 0.781. The number of hydrogen-bond acceptors (Lipinski definition) is 2. The van der Waals surface area contributed by atoms with Gasteiger partial charge >= 0.3 is 0 Å². The van der Waals surface area contributed by atoms with Gasteiger partial charge in [-0.15, -0.1) is 0 Å². The van der Waals surface area contributed by atoms with Crippen LogP contribution < -0.4 is 0 Å². The zero-order valence-electron chi connectivity index (χ0n) is 13.8. The van der Waals surface area contributed by atoms with Gasteiger partial charge < -0.3 is 5.11 Å². The Kier molecular flexibility index (Phi) is 6.70. The predicted octanol–water partition coefficient (Wildman–Crippen LogP) is 3.80. The minimum Gasteiger partial charge on any atom is -0.391 e. The van der Waals surface area contributed by atoms with E-state index in [9.17, 15) is 5.11 Å². The monoisotopic (exact) mass is 277 g/mol. The molecule has 0 aliphatic carbocycles. The minimum absolute atomic E-state index is 0.103. The van der Waals surface area contributed by atoms with Crippen LogP contribution in [-0.4, -0.2) is 34.7 Å². The van der Waals surface area contributed by atoms with E-state index >= 15 is 0 Å². The lowest BCUT2D eigenvalue weighted by molar-refractivity contribution is -0.0340. The zero-order chi connectivity index (χ0) is 15.2. The molecule has 0 amide bonds. The van der Waals surface area contributed by atoms with Crippen molar-refractivity contribution in [1.82, 2.24) is 4.90 Å². The van der Waals surface area contributed by atoms with Crippen LogP contribution in [0, 0.1) is 6.92 Å². The summed E-state index contributed by atoms with van der Waals surface area (Å²) in [6.07, 6.45) is 2.38. The summed E-state index contributed by atoms with van der Waals surface area (Å²) >= 11 is 0. The van der Waals surface area contributed by atoms with Gasteiger partial charge in [-0.05, 0) is 38.4 Å². The number of nitrogens with zero attached hydrogens (tertiary/aromatic N) is 1. The molecule has 1 rings (SSSR count). The second-order valence-corrected chi connectivity index (χ2v) is 5.69. The summed E-state index contributed by atoms with van der Waals surface area (Å²) < 4.78 is 0. The Bertz CT molecular complexity index is 377. The van der Waals surface area contributed by atoms with Crippen LogP contribution in [0.25, 0.3) is 0 Å². The maximum atomic E-state index is 10.9. The lowest BCUT2D eigenvalue weighted by Gasteiger charge is -2.46. The summed E-state index contributed by atoms with van der Waals surface area (Å²) in [4.78, 5) is 2.42. The highest BCUT2D eigenvalue weighted by molar-refractivity contribution is 5.22. The fraction of sp³-hybridized carbons (Fsp3) is 0.667. The first-order chi connectivity index (χ1) is 9.53. The molecule has 0 fully saturated rings. The highest BCUT2D eigenvalue weighted by atomic mass is 16.3. The number of rotatable bonds is 8. The Morgan fingerprint density at radius 2 is 1.50 bits per heavy atom. The normalized spacial score (nSPS) is 13.8. The van der Waals surface area contributed by atoms with E-state index in [1.54, 1.807) is 0 Å². The first-order valence-corrected chi connectivity index (χ1v) is 8.02. The van der Waals surface area contributed by atoms with Gasteiger partial charge in [0.05, 0.1) is 6.10 Å². The minimum atomic E-state index is -0.319. The summed E-state index contributed by atoms with van der Waals surface area (Å²) in [5.41, 5.74) is 2.39. The summed E-state index contributed by atoms with van der Waals surface area (Å²) in [7, 11) is 0. The Hall–Kier alpha value is -0.860. The van der Waals surface area contributed by atoms with Gasteiger partial charge in [0, 0.05) is 12.0 Å². The number of aryl methyl sites for hydroxylation is 1. The molecule has 0 saturated heterocycles. The highest BCUT2D eigenvalue weighted by Crippen LogP contribution is 2.30. The standard InChI is InChI=1S/C18H31NO/c1-6-18(7-2,19(8-3)9-4)17(20)14-16-12-10-15(5)11-13-16/h10-13,17,20H,6-9,14H2,1-5H3. The predicted molar refractivity (Wildman–Crippen MR) is 87.1 cm³/mol. The number of aliphatic hydroxyl groups is 1. The van der Waals surface area contributed by atoms with Gasteiger partial charge in [-0.3, -0.25) is 4.90 Å². The Morgan fingerprint density at radius 3 is 1.90 bits per heavy atom. The summed E-state index contributed by atoms with van der Waals surface area (Å²) in [6, 6.07) is 8.52. The van der Waals surface area contributed by atoms with Crippen LogP contribution in [0.1, 0.15) is 51.7 Å². The van der Waals surface area contributed by atoms with E-state index in [0.717, 1.165) is 32.4 Å². The summed E-state index contributed by atoms with van der Waals surface area (Å²) in [5.74, 6) is 0. The lowest BCUT2D eigenvalue weighted by atomic mass is 9.81. The van der Waals surface area contributed by atoms with Gasteiger partial charge in [0.2, 0.25) is 0 Å². The maximum absolute atomic E-state index is 10.9. The molecule has 1 N–H and O–H groups in total. The SMILES string of the molecule is CCN(CC)C(CC)(CC)C(O)Cc1ccc(C)cc1. The topological polar surface area (TPSA) is 23.5 Å². The largest absolute Gasteiger partial charge is 0.391 e. The van der Waals surface area contributed by atoms with Crippen LogP contribution in [0.5, 0.6) is 0 Å². The van der Waals surface area contributed by atoms with Gasteiger partial charge in [-0.2, -0.15) is 0 Å². The molecule has 0 saturated carbocycles. The van der Waals surface area contributed by atoms with E-state index < -0.39 is 0 Å².